The number of carbonyl (C=O) groups is 1. The SMILES string of the molecule is COCNC(=O)S. The van der Waals surface area contributed by atoms with Crippen molar-refractivity contribution >= 4 is 17.9 Å². The van der Waals surface area contributed by atoms with E-state index in [4.69, 9.17) is 0 Å². The zero-order chi connectivity index (χ0) is 5.70. The summed E-state index contributed by atoms with van der Waals surface area (Å²) >= 11 is 3.40. The van der Waals surface area contributed by atoms with E-state index in [9.17, 15) is 4.79 Å². The van der Waals surface area contributed by atoms with Gasteiger partial charge in [-0.05, 0) is 0 Å². The number of hydrogen-bond donors (Lipinski definition) is 2. The average Bonchev–Trinajstić information content (AvgIpc) is 1.61. The molecule has 0 aromatic heterocycles. The molecular formula is C3H7NO2S. The first kappa shape index (κ1) is 6.78. The highest BCUT2D eigenvalue weighted by atomic mass is 32.1. The monoisotopic (exact) mass is 121 g/mol. The van der Waals surface area contributed by atoms with E-state index < -0.39 is 0 Å². The summed E-state index contributed by atoms with van der Waals surface area (Å²) in [5, 5.41) is 1.92. The van der Waals surface area contributed by atoms with Crippen LogP contribution < -0.4 is 5.32 Å². The van der Waals surface area contributed by atoms with Crippen LogP contribution in [-0.2, 0) is 4.74 Å². The quantitative estimate of drug-likeness (QED) is 0.405. The van der Waals surface area contributed by atoms with Crippen molar-refractivity contribution in [3.05, 3.63) is 0 Å². The summed E-state index contributed by atoms with van der Waals surface area (Å²) in [5.74, 6) is 0. The Morgan fingerprint density at radius 3 is 2.71 bits per heavy atom. The van der Waals surface area contributed by atoms with Crippen molar-refractivity contribution < 1.29 is 9.53 Å². The van der Waals surface area contributed by atoms with Gasteiger partial charge in [-0.25, -0.2) is 0 Å². The number of carbonyl (C=O) groups excluding carboxylic acids is 1. The van der Waals surface area contributed by atoms with Crippen molar-refractivity contribution in [2.24, 2.45) is 0 Å². The van der Waals surface area contributed by atoms with E-state index in [0.717, 1.165) is 0 Å². The Hall–Kier alpha value is -0.220. The summed E-state index contributed by atoms with van der Waals surface area (Å²) in [6, 6.07) is 0. The van der Waals surface area contributed by atoms with Gasteiger partial charge in [-0.1, -0.05) is 12.6 Å². The number of rotatable bonds is 2. The van der Waals surface area contributed by atoms with Crippen LogP contribution in [0.2, 0.25) is 0 Å². The van der Waals surface area contributed by atoms with Gasteiger partial charge >= 0.3 is 0 Å². The van der Waals surface area contributed by atoms with Crippen molar-refractivity contribution in [1.29, 1.82) is 0 Å². The Bertz CT molecular complexity index is 66.0. The zero-order valence-corrected chi connectivity index (χ0v) is 4.87. The third-order valence-corrected chi connectivity index (χ3v) is 0.526. The van der Waals surface area contributed by atoms with Crippen LogP contribution in [0.5, 0.6) is 0 Å². The van der Waals surface area contributed by atoms with Crippen molar-refractivity contribution in [1.82, 2.24) is 5.32 Å². The summed E-state index contributed by atoms with van der Waals surface area (Å²) in [6.45, 7) is 0.225. The van der Waals surface area contributed by atoms with Crippen LogP contribution in [0.15, 0.2) is 0 Å². The Morgan fingerprint density at radius 1 is 2.00 bits per heavy atom. The van der Waals surface area contributed by atoms with Gasteiger partial charge in [0.05, 0.1) is 0 Å². The third kappa shape index (κ3) is 5.78. The van der Waals surface area contributed by atoms with Crippen molar-refractivity contribution in [3.63, 3.8) is 0 Å². The summed E-state index contributed by atoms with van der Waals surface area (Å²) in [6.07, 6.45) is 0. The Balaban J connectivity index is 2.82. The Kier molecular flexibility index (Phi) is 3.83. The lowest BCUT2D eigenvalue weighted by atomic mass is 11.1. The van der Waals surface area contributed by atoms with Gasteiger partial charge in [0.15, 0.2) is 0 Å². The minimum absolute atomic E-state index is 0.225. The van der Waals surface area contributed by atoms with Crippen molar-refractivity contribution in [2.75, 3.05) is 13.8 Å². The van der Waals surface area contributed by atoms with Gasteiger partial charge in [0.2, 0.25) is 0 Å². The maximum absolute atomic E-state index is 9.88. The second-order valence-corrected chi connectivity index (χ2v) is 1.32. The van der Waals surface area contributed by atoms with Crippen LogP contribution in [0.1, 0.15) is 0 Å². The van der Waals surface area contributed by atoms with Crippen LogP contribution in [0, 0.1) is 0 Å². The van der Waals surface area contributed by atoms with Gasteiger partial charge < -0.3 is 10.1 Å². The van der Waals surface area contributed by atoms with E-state index in [-0.39, 0.29) is 12.0 Å². The second kappa shape index (κ2) is 3.95. The summed E-state index contributed by atoms with van der Waals surface area (Å²) in [5.41, 5.74) is 0. The standard InChI is InChI=1S/C3H7NO2S/c1-6-2-4-3(5)7/h2H2,1H3,(H2,4,5,7). The molecule has 0 aliphatic carbocycles. The molecule has 0 aromatic rings. The minimum atomic E-state index is -0.373. The predicted molar refractivity (Wildman–Crippen MR) is 29.4 cm³/mol. The van der Waals surface area contributed by atoms with E-state index in [0.29, 0.717) is 0 Å². The smallest absolute Gasteiger partial charge is 0.277 e. The third-order valence-electron chi connectivity index (χ3n) is 0.368. The highest BCUT2D eigenvalue weighted by molar-refractivity contribution is 7.96. The molecule has 0 bridgehead atoms. The molecule has 0 aliphatic rings. The minimum Gasteiger partial charge on any atom is -0.364 e. The molecule has 0 aromatic carbocycles. The molecule has 42 valence electrons. The molecule has 4 heteroatoms. The molecule has 3 nitrogen and oxygen atoms in total. The maximum Gasteiger partial charge on any atom is 0.277 e. The molecule has 0 heterocycles. The van der Waals surface area contributed by atoms with E-state index in [2.05, 4.69) is 22.7 Å². The van der Waals surface area contributed by atoms with Crippen LogP contribution in [0.4, 0.5) is 4.79 Å². The second-order valence-electron chi connectivity index (χ2n) is 0.915. The Morgan fingerprint density at radius 2 is 2.57 bits per heavy atom. The number of thiol groups is 1. The first-order valence-electron chi connectivity index (χ1n) is 1.73. The molecule has 1 N–H and O–H groups in total. The van der Waals surface area contributed by atoms with Crippen LogP contribution in [0.25, 0.3) is 0 Å². The number of hydrogen-bond acceptors (Lipinski definition) is 2. The lowest BCUT2D eigenvalue weighted by Crippen LogP contribution is -2.18. The molecule has 0 atom stereocenters. The molecule has 0 aliphatic heterocycles. The zero-order valence-electron chi connectivity index (χ0n) is 3.97. The van der Waals surface area contributed by atoms with Gasteiger partial charge in [-0.15, -0.1) is 0 Å². The summed E-state index contributed by atoms with van der Waals surface area (Å²) < 4.78 is 4.47. The summed E-state index contributed by atoms with van der Waals surface area (Å²) in [7, 11) is 1.49. The number of amides is 1. The molecule has 0 unspecified atom stereocenters. The predicted octanol–water partition coefficient (Wildman–Crippen LogP) is 0.230. The first-order valence-corrected chi connectivity index (χ1v) is 2.18. The molecule has 7 heavy (non-hydrogen) atoms. The molecule has 0 fully saturated rings. The lowest BCUT2D eigenvalue weighted by Gasteiger charge is -1.94. The van der Waals surface area contributed by atoms with Gasteiger partial charge in [0.25, 0.3) is 5.24 Å². The van der Waals surface area contributed by atoms with Gasteiger partial charge in [0, 0.05) is 7.11 Å². The van der Waals surface area contributed by atoms with Crippen LogP contribution >= 0.6 is 12.6 Å². The fraction of sp³-hybridized carbons (Fsp3) is 0.667. The molecule has 0 spiro atoms. The van der Waals surface area contributed by atoms with Crippen molar-refractivity contribution in [2.45, 2.75) is 0 Å². The van der Waals surface area contributed by atoms with E-state index in [1.54, 1.807) is 0 Å². The molecule has 1 amide bonds. The molecule has 0 saturated carbocycles. The van der Waals surface area contributed by atoms with Crippen LogP contribution in [-0.4, -0.2) is 19.1 Å². The Labute approximate surface area is 47.4 Å². The average molecular weight is 121 g/mol. The number of ether oxygens (including phenoxy) is 1. The highest BCUT2D eigenvalue weighted by Gasteiger charge is 1.84. The largest absolute Gasteiger partial charge is 0.364 e. The number of nitrogens with one attached hydrogen (secondary N) is 1. The fourth-order valence-corrected chi connectivity index (χ4v) is 0.198. The van der Waals surface area contributed by atoms with E-state index in [1.807, 2.05) is 0 Å². The highest BCUT2D eigenvalue weighted by Crippen LogP contribution is 1.72. The maximum atomic E-state index is 9.88. The number of methoxy groups -OCH3 is 1. The van der Waals surface area contributed by atoms with E-state index in [1.165, 1.54) is 7.11 Å². The van der Waals surface area contributed by atoms with Gasteiger partial charge in [-0.3, -0.25) is 4.79 Å². The van der Waals surface area contributed by atoms with Gasteiger partial charge in [0.1, 0.15) is 6.73 Å². The first-order chi connectivity index (χ1) is 3.27. The lowest BCUT2D eigenvalue weighted by molar-refractivity contribution is 0.180. The van der Waals surface area contributed by atoms with Crippen LogP contribution in [0.3, 0.4) is 0 Å². The molecule has 0 rings (SSSR count). The normalized spacial score (nSPS) is 8.29. The molecular weight excluding hydrogens is 114 g/mol. The van der Waals surface area contributed by atoms with Gasteiger partial charge in [-0.2, -0.15) is 0 Å². The van der Waals surface area contributed by atoms with Crippen molar-refractivity contribution in [3.8, 4) is 0 Å². The topological polar surface area (TPSA) is 38.3 Å². The molecule has 0 radical (unpaired) electrons. The summed E-state index contributed by atoms with van der Waals surface area (Å²) in [4.78, 5) is 9.88. The van der Waals surface area contributed by atoms with E-state index >= 15 is 0 Å². The fourth-order valence-electron chi connectivity index (χ4n) is 0.134. The molecule has 0 saturated heterocycles.